The highest BCUT2D eigenvalue weighted by molar-refractivity contribution is 6.31. The first-order valence-corrected chi connectivity index (χ1v) is 11.3. The van der Waals surface area contributed by atoms with Gasteiger partial charge in [0.2, 0.25) is 6.04 Å². The summed E-state index contributed by atoms with van der Waals surface area (Å²) in [7, 11) is 0. The zero-order valence-corrected chi connectivity index (χ0v) is 19.4. The highest BCUT2D eigenvalue weighted by Gasteiger charge is 2.71. The van der Waals surface area contributed by atoms with Crippen LogP contribution in [-0.4, -0.2) is 40.6 Å². The number of rotatable bonds is 6. The van der Waals surface area contributed by atoms with Gasteiger partial charge in [0.15, 0.2) is 0 Å². The van der Waals surface area contributed by atoms with Gasteiger partial charge in [-0.25, -0.2) is 4.39 Å². The second kappa shape index (κ2) is 9.60. The predicted octanol–water partition coefficient (Wildman–Crippen LogP) is 5.27. The third kappa shape index (κ3) is 3.78. The molecule has 2 heterocycles. The van der Waals surface area contributed by atoms with E-state index in [-0.39, 0.29) is 36.9 Å². The molecule has 34 heavy (non-hydrogen) atoms. The van der Waals surface area contributed by atoms with Crippen molar-refractivity contribution in [3.05, 3.63) is 73.5 Å². The Hall–Kier alpha value is -2.55. The van der Waals surface area contributed by atoms with Crippen molar-refractivity contribution in [1.29, 1.82) is 0 Å². The normalized spacial score (nSPS) is 25.8. The summed E-state index contributed by atoms with van der Waals surface area (Å²) in [5.41, 5.74) is -0.796. The first-order valence-electron chi connectivity index (χ1n) is 10.5. The van der Waals surface area contributed by atoms with Crippen LogP contribution >= 0.6 is 23.2 Å². The molecule has 1 spiro atoms. The van der Waals surface area contributed by atoms with E-state index in [0.29, 0.717) is 22.6 Å². The van der Waals surface area contributed by atoms with E-state index in [1.807, 2.05) is 13.8 Å². The SMILES string of the molecule is C.CC(C)CN1[C@@H](CC=O)[C@@H]([N+](=O)[O-])[C@H](c2cccc(Cl)c2F)[C@]12C(=O)Nc1cc(Cl)ccc12. The molecule has 2 aliphatic rings. The van der Waals surface area contributed by atoms with Crippen LogP contribution in [-0.2, 0) is 15.1 Å². The molecular formula is C24H26Cl2FN3O4. The number of nitrogens with zero attached hydrogens (tertiary/aromatic N) is 2. The van der Waals surface area contributed by atoms with Crippen molar-refractivity contribution in [3.8, 4) is 0 Å². The van der Waals surface area contributed by atoms with Gasteiger partial charge in [0.05, 0.1) is 17.0 Å². The molecule has 0 radical (unpaired) electrons. The Morgan fingerprint density at radius 2 is 2.00 bits per heavy atom. The standard InChI is InChI=1S/C23H22Cl2FN3O4.CH4/c1-12(2)11-28-18(8-9-30)21(29(32)33)19(14-4-3-5-16(25)20(14)26)23(28)15-7-6-13(24)10-17(15)27-22(23)31;/h3-7,9-10,12,18-19,21H,8,11H2,1-2H3,(H,27,31);1H4/t18-,19-,21+,23+;/m0./s1. The fraction of sp³-hybridized carbons (Fsp3) is 0.417. The number of benzene rings is 2. The summed E-state index contributed by atoms with van der Waals surface area (Å²) in [5.74, 6) is -2.58. The van der Waals surface area contributed by atoms with Crippen molar-refractivity contribution < 1.29 is 18.9 Å². The van der Waals surface area contributed by atoms with Gasteiger partial charge in [0.1, 0.15) is 17.6 Å². The summed E-state index contributed by atoms with van der Waals surface area (Å²) in [6, 6.07) is 6.69. The van der Waals surface area contributed by atoms with Crippen LogP contribution in [0.15, 0.2) is 36.4 Å². The maximum absolute atomic E-state index is 15.4. The number of carbonyl (C=O) groups is 2. The molecule has 1 fully saturated rings. The third-order valence-corrected chi connectivity index (χ3v) is 7.01. The van der Waals surface area contributed by atoms with Crippen LogP contribution in [0.2, 0.25) is 10.0 Å². The minimum atomic E-state index is -1.62. The Labute approximate surface area is 207 Å². The summed E-state index contributed by atoms with van der Waals surface area (Å²) in [6.45, 7) is 4.10. The lowest BCUT2D eigenvalue weighted by Gasteiger charge is -2.39. The van der Waals surface area contributed by atoms with E-state index in [4.69, 9.17) is 23.2 Å². The largest absolute Gasteiger partial charge is 0.324 e. The van der Waals surface area contributed by atoms with E-state index in [2.05, 4.69) is 5.32 Å². The maximum Gasteiger partial charge on any atom is 0.250 e. The monoisotopic (exact) mass is 509 g/mol. The minimum absolute atomic E-state index is 0. The van der Waals surface area contributed by atoms with Crippen molar-refractivity contribution in [2.24, 2.45) is 5.92 Å². The van der Waals surface area contributed by atoms with E-state index >= 15 is 4.39 Å². The number of carbonyl (C=O) groups excluding carboxylic acids is 2. The number of anilines is 1. The number of amides is 1. The van der Waals surface area contributed by atoms with E-state index in [9.17, 15) is 19.7 Å². The van der Waals surface area contributed by atoms with Crippen LogP contribution in [0.4, 0.5) is 10.1 Å². The summed E-state index contributed by atoms with van der Waals surface area (Å²) >= 11 is 12.2. The molecule has 0 aromatic heterocycles. The number of hydrogen-bond donors (Lipinski definition) is 1. The second-order valence-electron chi connectivity index (χ2n) is 8.82. The zero-order valence-electron chi connectivity index (χ0n) is 17.9. The van der Waals surface area contributed by atoms with Crippen molar-refractivity contribution >= 4 is 41.1 Å². The number of nitrogens with one attached hydrogen (secondary N) is 1. The van der Waals surface area contributed by atoms with E-state index in [1.54, 1.807) is 23.1 Å². The fourth-order valence-electron chi connectivity index (χ4n) is 5.45. The van der Waals surface area contributed by atoms with E-state index in [1.165, 1.54) is 18.2 Å². The smallest absolute Gasteiger partial charge is 0.250 e. The second-order valence-corrected chi connectivity index (χ2v) is 9.67. The van der Waals surface area contributed by atoms with Gasteiger partial charge >= 0.3 is 0 Å². The lowest BCUT2D eigenvalue weighted by molar-refractivity contribution is -0.528. The first-order chi connectivity index (χ1) is 15.6. The number of hydrogen-bond acceptors (Lipinski definition) is 5. The Bertz CT molecular complexity index is 1150. The molecule has 0 saturated carbocycles. The average Bonchev–Trinajstić information content (AvgIpc) is 3.17. The molecule has 10 heteroatoms. The highest BCUT2D eigenvalue weighted by atomic mass is 35.5. The van der Waals surface area contributed by atoms with Crippen LogP contribution in [0.1, 0.15) is 44.7 Å². The Kier molecular flexibility index (Phi) is 7.36. The average molecular weight is 510 g/mol. The maximum atomic E-state index is 15.4. The van der Waals surface area contributed by atoms with Gasteiger partial charge in [-0.3, -0.25) is 19.8 Å². The predicted molar refractivity (Wildman–Crippen MR) is 129 cm³/mol. The van der Waals surface area contributed by atoms with Crippen molar-refractivity contribution in [3.63, 3.8) is 0 Å². The summed E-state index contributed by atoms with van der Waals surface area (Å²) in [6.07, 6.45) is 0.420. The quantitative estimate of drug-likeness (QED) is 0.325. The van der Waals surface area contributed by atoms with Crippen LogP contribution < -0.4 is 5.32 Å². The lowest BCUT2D eigenvalue weighted by Crippen LogP contribution is -2.53. The molecule has 1 saturated heterocycles. The molecule has 4 atom stereocenters. The van der Waals surface area contributed by atoms with Crippen LogP contribution in [0.25, 0.3) is 0 Å². The molecule has 7 nitrogen and oxygen atoms in total. The Balaban J connectivity index is 0.00000324. The summed E-state index contributed by atoms with van der Waals surface area (Å²) in [4.78, 5) is 39.1. The number of fused-ring (bicyclic) bond motifs is 2. The summed E-state index contributed by atoms with van der Waals surface area (Å²) in [5, 5.41) is 15.4. The number of halogens is 3. The van der Waals surface area contributed by atoms with Gasteiger partial charge in [-0.1, -0.05) is 62.7 Å². The van der Waals surface area contributed by atoms with Crippen molar-refractivity contribution in [1.82, 2.24) is 4.90 Å². The van der Waals surface area contributed by atoms with Gasteiger partial charge in [-0.05, 0) is 24.1 Å². The van der Waals surface area contributed by atoms with Crippen molar-refractivity contribution in [2.45, 2.75) is 51.2 Å². The van der Waals surface area contributed by atoms with Crippen LogP contribution in [0, 0.1) is 21.8 Å². The molecule has 4 rings (SSSR count). The topological polar surface area (TPSA) is 92.6 Å². The van der Waals surface area contributed by atoms with Gasteiger partial charge < -0.3 is 10.1 Å². The number of likely N-dealkylation sites (tertiary alicyclic amines) is 1. The van der Waals surface area contributed by atoms with Gasteiger partial charge in [0.25, 0.3) is 5.91 Å². The van der Waals surface area contributed by atoms with Gasteiger partial charge in [0, 0.05) is 39.7 Å². The molecule has 2 aromatic rings. The summed E-state index contributed by atoms with van der Waals surface area (Å²) < 4.78 is 15.4. The first kappa shape index (κ1) is 26.1. The molecular weight excluding hydrogens is 484 g/mol. The molecule has 0 aliphatic carbocycles. The molecule has 2 aliphatic heterocycles. The zero-order chi connectivity index (χ0) is 24.1. The lowest BCUT2D eigenvalue weighted by atomic mass is 9.73. The van der Waals surface area contributed by atoms with E-state index < -0.39 is 40.2 Å². The number of nitro groups is 1. The Morgan fingerprint density at radius 3 is 2.62 bits per heavy atom. The molecule has 182 valence electrons. The fourth-order valence-corrected chi connectivity index (χ4v) is 5.80. The van der Waals surface area contributed by atoms with Crippen LogP contribution in [0.5, 0.6) is 0 Å². The van der Waals surface area contributed by atoms with E-state index in [0.717, 1.165) is 0 Å². The minimum Gasteiger partial charge on any atom is -0.324 e. The molecule has 0 bridgehead atoms. The van der Waals surface area contributed by atoms with Crippen molar-refractivity contribution in [2.75, 3.05) is 11.9 Å². The van der Waals surface area contributed by atoms with Gasteiger partial charge in [-0.2, -0.15) is 0 Å². The third-order valence-electron chi connectivity index (χ3n) is 6.49. The molecule has 2 aromatic carbocycles. The number of aldehydes is 1. The van der Waals surface area contributed by atoms with Gasteiger partial charge in [-0.15, -0.1) is 0 Å². The molecule has 1 N–H and O–H groups in total. The highest BCUT2D eigenvalue weighted by Crippen LogP contribution is 2.58. The van der Waals surface area contributed by atoms with Crippen LogP contribution in [0.3, 0.4) is 0 Å². The Morgan fingerprint density at radius 1 is 1.29 bits per heavy atom. The molecule has 1 amide bonds. The molecule has 0 unspecified atom stereocenters.